The molecule has 1 saturated heterocycles. The summed E-state index contributed by atoms with van der Waals surface area (Å²) in [6.45, 7) is 11.6. The molecular formula is C28H41O6Si. The third kappa shape index (κ3) is 3.63. The maximum Gasteiger partial charge on any atom is 0.341 e. The standard InChI is InChI=1S/C28H41O6Si/c1-16-17(2)23(30-6)22(26(3,4)5)24(33-35)21(16)25-28(34-32-25)20-12-18-11-19(13-20)15-27(28,14-18)31-10-8-7-9-29/h18-20,25,29H,7-15H2,1-6H3. The van der Waals surface area contributed by atoms with E-state index in [9.17, 15) is 5.11 Å². The van der Waals surface area contributed by atoms with Gasteiger partial charge in [0.2, 0.25) is 0 Å². The lowest BCUT2D eigenvalue weighted by Crippen LogP contribution is -2.77. The Bertz CT molecular complexity index is 957. The van der Waals surface area contributed by atoms with Gasteiger partial charge in [-0.2, -0.15) is 0 Å². The number of ether oxygens (including phenoxy) is 2. The molecule has 4 unspecified atom stereocenters. The lowest BCUT2D eigenvalue weighted by Gasteiger charge is -2.70. The van der Waals surface area contributed by atoms with Crippen molar-refractivity contribution in [3.8, 4) is 11.5 Å². The molecule has 6 rings (SSSR count). The van der Waals surface area contributed by atoms with Crippen LogP contribution >= 0.6 is 0 Å². The molecule has 4 saturated carbocycles. The van der Waals surface area contributed by atoms with Crippen LogP contribution in [0.2, 0.25) is 0 Å². The summed E-state index contributed by atoms with van der Waals surface area (Å²) in [5.41, 5.74) is 3.18. The van der Waals surface area contributed by atoms with Gasteiger partial charge in [0.05, 0.1) is 7.11 Å². The van der Waals surface area contributed by atoms with Crippen LogP contribution in [-0.2, 0) is 19.9 Å². The molecule has 4 bridgehead atoms. The summed E-state index contributed by atoms with van der Waals surface area (Å²) in [5, 5.41) is 9.30. The Labute approximate surface area is 213 Å². The molecule has 3 radical (unpaired) electrons. The Morgan fingerprint density at radius 3 is 2.23 bits per heavy atom. The van der Waals surface area contributed by atoms with Gasteiger partial charge in [0.1, 0.15) is 17.1 Å². The third-order valence-electron chi connectivity index (χ3n) is 9.38. The highest BCUT2D eigenvalue weighted by Crippen LogP contribution is 2.71. The largest absolute Gasteiger partial charge is 0.540 e. The monoisotopic (exact) mass is 501 g/mol. The second-order valence-electron chi connectivity index (χ2n) is 12.4. The molecule has 7 heteroatoms. The first-order valence-corrected chi connectivity index (χ1v) is 13.7. The molecule has 1 aromatic rings. The van der Waals surface area contributed by atoms with Crippen molar-refractivity contribution in [2.75, 3.05) is 20.3 Å². The molecule has 5 aliphatic rings. The van der Waals surface area contributed by atoms with Gasteiger partial charge in [0.15, 0.2) is 11.7 Å². The number of aliphatic hydroxyl groups is 1. The Hall–Kier alpha value is -1.12. The molecule has 1 N–H and O–H groups in total. The highest BCUT2D eigenvalue weighted by Gasteiger charge is 2.76. The van der Waals surface area contributed by atoms with Gasteiger partial charge in [-0.15, -0.1) is 0 Å². The average molecular weight is 502 g/mol. The van der Waals surface area contributed by atoms with Crippen LogP contribution in [0.25, 0.3) is 0 Å². The number of rotatable bonds is 8. The van der Waals surface area contributed by atoms with Gasteiger partial charge in [-0.25, -0.2) is 9.78 Å². The second kappa shape index (κ2) is 9.01. The van der Waals surface area contributed by atoms with Crippen LogP contribution in [0.3, 0.4) is 0 Å². The van der Waals surface area contributed by atoms with Gasteiger partial charge in [-0.05, 0) is 93.1 Å². The van der Waals surface area contributed by atoms with Crippen molar-refractivity contribution in [1.29, 1.82) is 0 Å². The molecule has 5 fully saturated rings. The maximum absolute atomic E-state index is 9.30. The fraction of sp³-hybridized carbons (Fsp3) is 0.786. The molecule has 1 heterocycles. The molecule has 1 aliphatic heterocycles. The predicted octanol–water partition coefficient (Wildman–Crippen LogP) is 5.18. The predicted molar refractivity (Wildman–Crippen MR) is 134 cm³/mol. The van der Waals surface area contributed by atoms with Crippen LogP contribution in [0, 0.1) is 31.6 Å². The summed E-state index contributed by atoms with van der Waals surface area (Å²) in [4.78, 5) is 12.4. The topological polar surface area (TPSA) is 66.4 Å². The highest BCUT2D eigenvalue weighted by atomic mass is 28.2. The van der Waals surface area contributed by atoms with Crippen LogP contribution in [0.15, 0.2) is 0 Å². The highest BCUT2D eigenvalue weighted by molar-refractivity contribution is 6.00. The summed E-state index contributed by atoms with van der Waals surface area (Å²) in [6, 6.07) is 0. The Balaban J connectivity index is 1.64. The zero-order valence-electron chi connectivity index (χ0n) is 22.2. The van der Waals surface area contributed by atoms with Crippen molar-refractivity contribution < 1.29 is 28.8 Å². The van der Waals surface area contributed by atoms with Gasteiger partial charge >= 0.3 is 10.5 Å². The van der Waals surface area contributed by atoms with Crippen LogP contribution in [-0.4, -0.2) is 47.1 Å². The van der Waals surface area contributed by atoms with Gasteiger partial charge in [0.25, 0.3) is 0 Å². The Morgan fingerprint density at radius 2 is 1.71 bits per heavy atom. The number of aliphatic hydroxyl groups excluding tert-OH is 1. The summed E-state index contributed by atoms with van der Waals surface area (Å²) >= 11 is 0. The minimum Gasteiger partial charge on any atom is -0.540 e. The van der Waals surface area contributed by atoms with Gasteiger partial charge < -0.3 is 19.0 Å². The van der Waals surface area contributed by atoms with Crippen molar-refractivity contribution in [2.45, 2.75) is 102 Å². The van der Waals surface area contributed by atoms with Crippen molar-refractivity contribution in [3.63, 3.8) is 0 Å². The van der Waals surface area contributed by atoms with Crippen molar-refractivity contribution >= 4 is 10.5 Å². The van der Waals surface area contributed by atoms with E-state index in [0.717, 1.165) is 59.4 Å². The fourth-order valence-electron chi connectivity index (χ4n) is 8.05. The number of hydrogen-bond acceptors (Lipinski definition) is 6. The fourth-order valence-corrected chi connectivity index (χ4v) is 8.26. The van der Waals surface area contributed by atoms with E-state index in [1.165, 1.54) is 19.3 Å². The SMILES string of the molecule is COc1c(C)c(C)c(C2OOC23C2CC4CC(C2)CC3(OCCCCO)C4)c(O[Si])c1C(C)(C)C. The first kappa shape index (κ1) is 25.5. The molecule has 35 heavy (non-hydrogen) atoms. The number of unbranched alkanes of at least 4 members (excludes halogenated alkanes) is 1. The zero-order valence-corrected chi connectivity index (χ0v) is 23.2. The zero-order chi connectivity index (χ0) is 25.2. The summed E-state index contributed by atoms with van der Waals surface area (Å²) in [5.74, 6) is 3.41. The molecule has 1 spiro atoms. The number of hydrogen-bond donors (Lipinski definition) is 1. The van der Waals surface area contributed by atoms with E-state index < -0.39 is 5.60 Å². The first-order chi connectivity index (χ1) is 16.6. The minimum absolute atomic E-state index is 0.198. The minimum atomic E-state index is -0.528. The second-order valence-corrected chi connectivity index (χ2v) is 12.6. The van der Waals surface area contributed by atoms with Gasteiger partial charge in [0, 0.05) is 24.3 Å². The van der Waals surface area contributed by atoms with E-state index in [2.05, 4.69) is 45.1 Å². The quantitative estimate of drug-likeness (QED) is 0.301. The number of benzene rings is 1. The first-order valence-electron chi connectivity index (χ1n) is 13.3. The van der Waals surface area contributed by atoms with Crippen molar-refractivity contribution in [3.05, 3.63) is 22.3 Å². The van der Waals surface area contributed by atoms with E-state index in [1.54, 1.807) is 7.11 Å². The molecule has 6 nitrogen and oxygen atoms in total. The molecule has 193 valence electrons. The van der Waals surface area contributed by atoms with Crippen LogP contribution in [0.4, 0.5) is 0 Å². The van der Waals surface area contributed by atoms with E-state index in [-0.39, 0.29) is 23.7 Å². The average Bonchev–Trinajstić information content (AvgIpc) is 2.77. The van der Waals surface area contributed by atoms with Crippen molar-refractivity contribution in [1.82, 2.24) is 0 Å². The lowest BCUT2D eigenvalue weighted by atomic mass is 9.45. The van der Waals surface area contributed by atoms with Crippen molar-refractivity contribution in [2.24, 2.45) is 17.8 Å². The molecule has 0 aromatic heterocycles. The van der Waals surface area contributed by atoms with Gasteiger partial charge in [-0.1, -0.05) is 20.8 Å². The number of methoxy groups -OCH3 is 1. The van der Waals surface area contributed by atoms with Crippen LogP contribution in [0.1, 0.15) is 94.1 Å². The smallest absolute Gasteiger partial charge is 0.341 e. The molecule has 0 amide bonds. The van der Waals surface area contributed by atoms with Crippen LogP contribution in [0.5, 0.6) is 11.5 Å². The molecule has 1 aromatic carbocycles. The molecule has 4 aliphatic carbocycles. The van der Waals surface area contributed by atoms with E-state index >= 15 is 0 Å². The van der Waals surface area contributed by atoms with E-state index in [1.807, 2.05) is 0 Å². The maximum atomic E-state index is 9.30. The molecular weight excluding hydrogens is 460 g/mol. The summed E-state index contributed by atoms with van der Waals surface area (Å²) in [6.07, 6.45) is 7.02. The Morgan fingerprint density at radius 1 is 1.03 bits per heavy atom. The summed E-state index contributed by atoms with van der Waals surface area (Å²) < 4.78 is 18.8. The van der Waals surface area contributed by atoms with E-state index in [0.29, 0.717) is 24.4 Å². The third-order valence-corrected chi connectivity index (χ3v) is 9.59. The van der Waals surface area contributed by atoms with E-state index in [4.69, 9.17) is 23.7 Å². The summed E-state index contributed by atoms with van der Waals surface area (Å²) in [7, 11) is 5.14. The normalized spacial score (nSPS) is 35.4. The van der Waals surface area contributed by atoms with Crippen LogP contribution < -0.4 is 9.16 Å². The lowest BCUT2D eigenvalue weighted by molar-refractivity contribution is -0.571. The van der Waals surface area contributed by atoms with Gasteiger partial charge in [-0.3, -0.25) is 0 Å². The molecule has 4 atom stereocenters. The Kier molecular flexibility index (Phi) is 6.57.